The Kier molecular flexibility index (Phi) is 10.3. The largest absolute Gasteiger partial charge is 0.489 e. The predicted molar refractivity (Wildman–Crippen MR) is 150 cm³/mol. The number of aromatic nitrogens is 2. The molecule has 12 heteroatoms. The number of rotatable bonds is 3. The summed E-state index contributed by atoms with van der Waals surface area (Å²) in [6, 6.07) is 12.7. The van der Waals surface area contributed by atoms with Crippen molar-refractivity contribution in [3.05, 3.63) is 59.9 Å². The van der Waals surface area contributed by atoms with Gasteiger partial charge in [0.15, 0.2) is 11.5 Å². The van der Waals surface area contributed by atoms with Crippen LogP contribution in [0.4, 0.5) is 11.5 Å². The van der Waals surface area contributed by atoms with E-state index in [-0.39, 0.29) is 18.1 Å². The molecule has 3 heterocycles. The molecule has 1 aromatic heterocycles. The number of ether oxygens (including phenoxy) is 3. The summed E-state index contributed by atoms with van der Waals surface area (Å²) in [5, 5.41) is 5.99. The topological polar surface area (TPSA) is 141 Å². The van der Waals surface area contributed by atoms with Gasteiger partial charge in [-0.15, -0.1) is 0 Å². The molecule has 1 amide bonds. The van der Waals surface area contributed by atoms with E-state index in [1.807, 2.05) is 30.4 Å². The van der Waals surface area contributed by atoms with Crippen LogP contribution in [0.2, 0.25) is 0 Å². The van der Waals surface area contributed by atoms with Gasteiger partial charge in [0.25, 0.3) is 5.91 Å². The zero-order valence-electron chi connectivity index (χ0n) is 22.1. The van der Waals surface area contributed by atoms with Gasteiger partial charge >= 0.3 is 0 Å². The van der Waals surface area contributed by atoms with Crippen molar-refractivity contribution in [2.24, 2.45) is 0 Å². The van der Waals surface area contributed by atoms with E-state index >= 15 is 0 Å². The second-order valence-corrected chi connectivity index (χ2v) is 10.1. The molecule has 4 bridgehead atoms. The molecule has 0 saturated heterocycles. The Morgan fingerprint density at radius 2 is 1.82 bits per heavy atom. The molecule has 1 unspecified atom stereocenters. The molecule has 2 aliphatic heterocycles. The highest BCUT2D eigenvalue weighted by atomic mass is 32.2. The van der Waals surface area contributed by atoms with E-state index in [9.17, 15) is 9.00 Å². The van der Waals surface area contributed by atoms with E-state index < -0.39 is 16.9 Å². The highest BCUT2D eigenvalue weighted by Crippen LogP contribution is 2.30. The molecule has 208 valence electrons. The number of amides is 1. The van der Waals surface area contributed by atoms with Crippen LogP contribution in [-0.2, 0) is 27.0 Å². The first kappa shape index (κ1) is 28.6. The Morgan fingerprint density at radius 3 is 2.56 bits per heavy atom. The van der Waals surface area contributed by atoms with Crippen molar-refractivity contribution < 1.29 is 23.2 Å². The molecule has 5 rings (SSSR count). The smallest absolute Gasteiger partial charge is 0.278 e. The zero-order valence-corrected chi connectivity index (χ0v) is 23.0. The Labute approximate surface area is 230 Å². The Bertz CT molecular complexity index is 1290. The number of nitrogens with zero attached hydrogens (tertiary/aromatic N) is 3. The van der Waals surface area contributed by atoms with E-state index in [2.05, 4.69) is 20.6 Å². The lowest BCUT2D eigenvalue weighted by molar-refractivity contribution is 0.0342. The number of benzene rings is 2. The summed E-state index contributed by atoms with van der Waals surface area (Å²) in [6.07, 6.45) is 1.51. The first-order valence-corrected chi connectivity index (χ1v) is 13.9. The van der Waals surface area contributed by atoms with E-state index in [4.69, 9.17) is 19.9 Å². The van der Waals surface area contributed by atoms with Crippen LogP contribution in [-0.4, -0.2) is 77.6 Å². The van der Waals surface area contributed by atoms with Crippen LogP contribution in [0.5, 0.6) is 5.75 Å². The van der Waals surface area contributed by atoms with Gasteiger partial charge in [0.2, 0.25) is 0 Å². The average Bonchev–Trinajstić information content (AvgIpc) is 2.95. The van der Waals surface area contributed by atoms with Crippen LogP contribution in [0.25, 0.3) is 11.3 Å². The summed E-state index contributed by atoms with van der Waals surface area (Å²) in [5.41, 5.74) is 8.58. The van der Waals surface area contributed by atoms with Crippen molar-refractivity contribution in [3.8, 4) is 17.0 Å². The summed E-state index contributed by atoms with van der Waals surface area (Å²) in [4.78, 5) is 22.7. The molecule has 11 nitrogen and oxygen atoms in total. The maximum Gasteiger partial charge on any atom is 0.278 e. The number of nitrogens with two attached hydrogens (primary N) is 1. The molecule has 1 atom stereocenters. The second-order valence-electron chi connectivity index (χ2n) is 8.64. The molecule has 0 radical (unpaired) electrons. The molecule has 0 spiro atoms. The lowest BCUT2D eigenvalue weighted by atomic mass is 10.1. The molecule has 4 N–H and O–H groups in total. The van der Waals surface area contributed by atoms with Crippen molar-refractivity contribution in [2.45, 2.75) is 18.4 Å². The van der Waals surface area contributed by atoms with Crippen molar-refractivity contribution in [3.63, 3.8) is 0 Å². The molecule has 0 saturated carbocycles. The van der Waals surface area contributed by atoms with Gasteiger partial charge in [-0.3, -0.25) is 4.79 Å². The lowest BCUT2D eigenvalue weighted by Gasteiger charge is -2.19. The van der Waals surface area contributed by atoms with E-state index in [0.29, 0.717) is 73.7 Å². The van der Waals surface area contributed by atoms with Gasteiger partial charge in [0.1, 0.15) is 23.3 Å². The van der Waals surface area contributed by atoms with Gasteiger partial charge in [0.05, 0.1) is 48.9 Å². The minimum absolute atomic E-state index is 0.00600. The van der Waals surface area contributed by atoms with Gasteiger partial charge in [-0.25, -0.2) is 18.5 Å². The number of carbonyl (C=O) groups is 1. The molecule has 0 aliphatic carbocycles. The van der Waals surface area contributed by atoms with Crippen LogP contribution < -0.4 is 21.1 Å². The fraction of sp³-hybridized carbons (Fsp3) is 0.370. The summed E-state index contributed by atoms with van der Waals surface area (Å²) in [6.45, 7) is 5.47. The third-order valence-corrected chi connectivity index (χ3v) is 7.58. The molecule has 39 heavy (non-hydrogen) atoms. The maximum absolute atomic E-state index is 13.3. The third kappa shape index (κ3) is 7.37. The number of anilines is 2. The van der Waals surface area contributed by atoms with Crippen LogP contribution in [0.3, 0.4) is 0 Å². The zero-order chi connectivity index (χ0) is 27.6. The number of carbonyl (C=O) groups excluding carboxylic acids is 1. The van der Waals surface area contributed by atoms with Crippen molar-refractivity contribution >= 4 is 28.4 Å². The fourth-order valence-corrected chi connectivity index (χ4v) is 5.15. The predicted octanol–water partition coefficient (Wildman–Crippen LogP) is 2.47. The van der Waals surface area contributed by atoms with Crippen LogP contribution >= 0.6 is 0 Å². The maximum atomic E-state index is 13.3. The summed E-state index contributed by atoms with van der Waals surface area (Å²) in [5.74, 6) is 0.0276. The van der Waals surface area contributed by atoms with E-state index in [1.54, 1.807) is 30.3 Å². The molecule has 3 aromatic rings. The van der Waals surface area contributed by atoms with Gasteiger partial charge in [-0.2, -0.15) is 0 Å². The van der Waals surface area contributed by atoms with Crippen molar-refractivity contribution in [2.75, 3.05) is 64.2 Å². The quantitative estimate of drug-likeness (QED) is 0.416. The fourth-order valence-electron chi connectivity index (χ4n) is 4.01. The third-order valence-electron chi connectivity index (χ3n) is 6.00. The summed E-state index contributed by atoms with van der Waals surface area (Å²) >= 11 is 0. The summed E-state index contributed by atoms with van der Waals surface area (Å²) in [7, 11) is 0.486. The number of fused-ring (bicyclic) bond motifs is 13. The first-order valence-electron chi connectivity index (χ1n) is 12.8. The second kappa shape index (κ2) is 14.1. The minimum atomic E-state index is -1.35. The molecular weight excluding hydrogens is 520 g/mol. The van der Waals surface area contributed by atoms with E-state index in [1.165, 1.54) is 6.20 Å². The monoisotopic (exact) mass is 554 g/mol. The normalized spacial score (nSPS) is 17.8. The van der Waals surface area contributed by atoms with Crippen LogP contribution in [0.1, 0.15) is 23.0 Å². The average molecular weight is 555 g/mol. The number of hydrogen-bond acceptors (Lipinski definition) is 9. The van der Waals surface area contributed by atoms with Gasteiger partial charge in [0, 0.05) is 30.8 Å². The van der Waals surface area contributed by atoms with Gasteiger partial charge < -0.3 is 30.6 Å². The Hall–Kier alpha value is -3.42. The number of para-hydroxylation sites is 1. The van der Waals surface area contributed by atoms with Crippen LogP contribution in [0, 0.1) is 0 Å². The van der Waals surface area contributed by atoms with Crippen molar-refractivity contribution in [1.29, 1.82) is 0 Å². The molecular formula is C27H34N6O5S. The van der Waals surface area contributed by atoms with E-state index in [0.717, 1.165) is 5.56 Å². The number of likely N-dealkylation sites (N-methyl/N-ethyl adjacent to an activating group) is 1. The SMILES string of the molecule is CCN1CCOCCOCCOc2c(CNC)cccc2NC(=O)c2nc(cnc2N)-c2ccc(cc2)S1=O. The lowest BCUT2D eigenvalue weighted by Crippen LogP contribution is -2.30. The highest BCUT2D eigenvalue weighted by molar-refractivity contribution is 7.82. The van der Waals surface area contributed by atoms with Gasteiger partial charge in [-0.05, 0) is 25.2 Å². The Balaban J connectivity index is 1.66. The standard InChI is InChI=1S/C27H34N6O5S/c1-3-33-11-12-36-13-14-37-15-16-38-25-20(17-29-2)5-4-6-22(25)32-27(34)24-26(28)30-18-23(31-24)19-7-9-21(10-8-19)39(33)35/h4-10,18,29H,3,11-17H2,1-2H3,(H2,28,30)(H,32,34). The number of nitrogens with one attached hydrogen (secondary N) is 2. The number of hydrogen-bond donors (Lipinski definition) is 3. The minimum Gasteiger partial charge on any atom is -0.489 e. The van der Waals surface area contributed by atoms with Crippen LogP contribution in [0.15, 0.2) is 53.6 Å². The van der Waals surface area contributed by atoms with Crippen molar-refractivity contribution in [1.82, 2.24) is 19.6 Å². The Morgan fingerprint density at radius 1 is 1.08 bits per heavy atom. The highest BCUT2D eigenvalue weighted by Gasteiger charge is 2.19. The first-order chi connectivity index (χ1) is 19.0. The summed E-state index contributed by atoms with van der Waals surface area (Å²) < 4.78 is 32.3. The molecule has 2 aliphatic rings. The number of nitrogen functional groups attached to an aromatic ring is 1. The van der Waals surface area contributed by atoms with Gasteiger partial charge in [-0.1, -0.05) is 31.2 Å². The molecule has 0 fully saturated rings. The molecule has 2 aromatic carbocycles.